The Morgan fingerprint density at radius 3 is 2.54 bits per heavy atom. The predicted octanol–water partition coefficient (Wildman–Crippen LogP) is 3.81. The third-order valence-electron chi connectivity index (χ3n) is 4.75. The van der Waals surface area contributed by atoms with Crippen molar-refractivity contribution in [3.63, 3.8) is 0 Å². The molecule has 3 aromatic rings. The molecular weight excluding hydrogens is 470 g/mol. The summed E-state index contributed by atoms with van der Waals surface area (Å²) in [6.45, 7) is 4.40. The number of hydrogen-bond acceptors (Lipinski definition) is 7. The van der Waals surface area contributed by atoms with Gasteiger partial charge in [-0.1, -0.05) is 25.1 Å². The molecule has 2 aromatic carbocycles. The van der Waals surface area contributed by atoms with Crippen LogP contribution in [-0.2, 0) is 21.4 Å². The van der Waals surface area contributed by atoms with Crippen LogP contribution in [0.25, 0.3) is 0 Å². The van der Waals surface area contributed by atoms with Crippen LogP contribution in [0.2, 0.25) is 0 Å². The Morgan fingerprint density at radius 2 is 1.86 bits per heavy atom. The maximum absolute atomic E-state index is 13.1. The lowest BCUT2D eigenvalue weighted by molar-refractivity contribution is -0.121. The maximum Gasteiger partial charge on any atom is 0.255 e. The van der Waals surface area contributed by atoms with Crippen molar-refractivity contribution >= 4 is 22.1 Å². The van der Waals surface area contributed by atoms with Crippen LogP contribution in [0.1, 0.15) is 31.6 Å². The molecule has 1 amide bonds. The van der Waals surface area contributed by atoms with Gasteiger partial charge in [-0.25, -0.2) is 13.8 Å². The second-order valence-electron chi connectivity index (χ2n) is 7.45. The first-order valence-corrected chi connectivity index (χ1v) is 12.7. The van der Waals surface area contributed by atoms with E-state index in [2.05, 4.69) is 10.5 Å². The highest BCUT2D eigenvalue weighted by Gasteiger charge is 2.27. The van der Waals surface area contributed by atoms with E-state index in [9.17, 15) is 13.2 Å². The molecule has 1 N–H and O–H groups in total. The molecule has 0 bridgehead atoms. The monoisotopic (exact) mass is 499 g/mol. The summed E-state index contributed by atoms with van der Waals surface area (Å²) in [4.78, 5) is 12.7. The Labute approximate surface area is 205 Å². The van der Waals surface area contributed by atoms with Crippen molar-refractivity contribution in [2.24, 2.45) is 5.10 Å². The SMILES string of the molecule is CCCOc1ccc(/C=N\NC(=O)CN(Cc2ccco2)S(=O)(=O)c2ccccc2)cc1OCC. The summed E-state index contributed by atoms with van der Waals surface area (Å²) < 4.78 is 43.9. The van der Waals surface area contributed by atoms with Crippen LogP contribution >= 0.6 is 0 Å². The molecule has 0 aliphatic heterocycles. The van der Waals surface area contributed by atoms with Crippen LogP contribution in [0.3, 0.4) is 0 Å². The van der Waals surface area contributed by atoms with E-state index in [0.717, 1.165) is 10.7 Å². The first kappa shape index (κ1) is 26.0. The van der Waals surface area contributed by atoms with Crippen LogP contribution in [0.15, 0.2) is 81.3 Å². The van der Waals surface area contributed by atoms with Crippen molar-refractivity contribution in [1.29, 1.82) is 0 Å². The third-order valence-corrected chi connectivity index (χ3v) is 6.55. The summed E-state index contributed by atoms with van der Waals surface area (Å²) in [5.41, 5.74) is 3.07. The standard InChI is InChI=1S/C25H29N3O6S/c1-3-14-34-23-13-12-20(16-24(23)32-4-2)17-26-27-25(29)19-28(18-21-9-8-15-33-21)35(30,31)22-10-6-5-7-11-22/h5-13,15-17H,3-4,14,18-19H2,1-2H3,(H,27,29)/b26-17-. The Bertz CT molecular complexity index is 1210. The second kappa shape index (κ2) is 12.7. The fraction of sp³-hybridized carbons (Fsp3) is 0.280. The molecule has 0 aliphatic rings. The fourth-order valence-electron chi connectivity index (χ4n) is 3.12. The number of hydrogen-bond donors (Lipinski definition) is 1. The number of benzene rings is 2. The number of nitrogens with zero attached hydrogens (tertiary/aromatic N) is 2. The molecule has 35 heavy (non-hydrogen) atoms. The predicted molar refractivity (Wildman–Crippen MR) is 132 cm³/mol. The lowest BCUT2D eigenvalue weighted by Crippen LogP contribution is -2.38. The zero-order valence-corrected chi connectivity index (χ0v) is 20.5. The van der Waals surface area contributed by atoms with Gasteiger partial charge in [0, 0.05) is 0 Å². The highest BCUT2D eigenvalue weighted by atomic mass is 32.2. The molecule has 0 unspecified atom stereocenters. The van der Waals surface area contributed by atoms with Crippen molar-refractivity contribution in [3.8, 4) is 11.5 Å². The summed E-state index contributed by atoms with van der Waals surface area (Å²) in [7, 11) is -3.94. The van der Waals surface area contributed by atoms with Gasteiger partial charge in [0.1, 0.15) is 5.76 Å². The minimum absolute atomic E-state index is 0.0803. The average molecular weight is 500 g/mol. The number of sulfonamides is 1. The highest BCUT2D eigenvalue weighted by Crippen LogP contribution is 2.28. The zero-order chi connectivity index (χ0) is 25.1. The van der Waals surface area contributed by atoms with Gasteiger partial charge < -0.3 is 13.9 Å². The summed E-state index contributed by atoms with van der Waals surface area (Å²) in [6.07, 6.45) is 3.77. The minimum Gasteiger partial charge on any atom is -0.490 e. The fourth-order valence-corrected chi connectivity index (χ4v) is 4.51. The van der Waals surface area contributed by atoms with Crippen LogP contribution in [-0.4, -0.2) is 44.6 Å². The van der Waals surface area contributed by atoms with Gasteiger partial charge >= 0.3 is 0 Å². The average Bonchev–Trinajstić information content (AvgIpc) is 3.37. The first-order valence-electron chi connectivity index (χ1n) is 11.2. The van der Waals surface area contributed by atoms with Crippen molar-refractivity contribution in [3.05, 3.63) is 78.3 Å². The number of rotatable bonds is 13. The van der Waals surface area contributed by atoms with Crippen LogP contribution in [0.4, 0.5) is 0 Å². The van der Waals surface area contributed by atoms with Gasteiger partial charge in [-0.2, -0.15) is 9.41 Å². The van der Waals surface area contributed by atoms with E-state index in [4.69, 9.17) is 13.9 Å². The van der Waals surface area contributed by atoms with E-state index in [1.54, 1.807) is 48.5 Å². The van der Waals surface area contributed by atoms with Gasteiger partial charge in [0.15, 0.2) is 11.5 Å². The topological polar surface area (TPSA) is 110 Å². The molecule has 0 atom stereocenters. The number of carbonyl (C=O) groups is 1. The molecule has 0 fully saturated rings. The van der Waals surface area contributed by atoms with Crippen LogP contribution in [0, 0.1) is 0 Å². The molecule has 0 aliphatic carbocycles. The van der Waals surface area contributed by atoms with Crippen molar-refractivity contribution in [1.82, 2.24) is 9.73 Å². The lowest BCUT2D eigenvalue weighted by atomic mass is 10.2. The molecule has 0 saturated carbocycles. The molecule has 186 valence electrons. The lowest BCUT2D eigenvalue weighted by Gasteiger charge is -2.20. The van der Waals surface area contributed by atoms with Crippen LogP contribution < -0.4 is 14.9 Å². The molecule has 10 heteroatoms. The number of nitrogens with one attached hydrogen (secondary N) is 1. The van der Waals surface area contributed by atoms with E-state index >= 15 is 0 Å². The first-order chi connectivity index (χ1) is 16.9. The largest absolute Gasteiger partial charge is 0.490 e. The van der Waals surface area contributed by atoms with Gasteiger partial charge in [-0.05, 0) is 61.4 Å². The number of hydrazone groups is 1. The molecule has 9 nitrogen and oxygen atoms in total. The Morgan fingerprint density at radius 1 is 1.06 bits per heavy atom. The zero-order valence-electron chi connectivity index (χ0n) is 19.7. The summed E-state index contributed by atoms with van der Waals surface area (Å²) >= 11 is 0. The number of carbonyl (C=O) groups excluding carboxylic acids is 1. The second-order valence-corrected chi connectivity index (χ2v) is 9.38. The van der Waals surface area contributed by atoms with E-state index in [1.807, 2.05) is 13.8 Å². The summed E-state index contributed by atoms with van der Waals surface area (Å²) in [6, 6.07) is 16.5. The minimum atomic E-state index is -3.94. The van der Waals surface area contributed by atoms with E-state index in [0.29, 0.717) is 36.0 Å². The van der Waals surface area contributed by atoms with Crippen molar-refractivity contribution < 1.29 is 27.1 Å². The molecule has 0 radical (unpaired) electrons. The highest BCUT2D eigenvalue weighted by molar-refractivity contribution is 7.89. The summed E-state index contributed by atoms with van der Waals surface area (Å²) in [5, 5.41) is 3.97. The van der Waals surface area contributed by atoms with Gasteiger partial charge in [0.05, 0.1) is 43.7 Å². The quantitative estimate of drug-likeness (QED) is 0.283. The summed E-state index contributed by atoms with van der Waals surface area (Å²) in [5.74, 6) is 1.03. The van der Waals surface area contributed by atoms with Crippen molar-refractivity contribution in [2.75, 3.05) is 19.8 Å². The third kappa shape index (κ3) is 7.43. The Hall–Kier alpha value is -3.63. The van der Waals surface area contributed by atoms with Crippen LogP contribution in [0.5, 0.6) is 11.5 Å². The van der Waals surface area contributed by atoms with Gasteiger partial charge in [0.25, 0.3) is 5.91 Å². The number of furan rings is 1. The molecule has 1 heterocycles. The molecule has 1 aromatic heterocycles. The smallest absolute Gasteiger partial charge is 0.255 e. The number of ether oxygens (including phenoxy) is 2. The Balaban J connectivity index is 1.70. The van der Waals surface area contributed by atoms with Gasteiger partial charge in [0.2, 0.25) is 10.0 Å². The van der Waals surface area contributed by atoms with E-state index in [-0.39, 0.29) is 11.4 Å². The Kier molecular flexibility index (Phi) is 9.45. The van der Waals surface area contributed by atoms with E-state index in [1.165, 1.54) is 24.6 Å². The molecule has 0 spiro atoms. The molecular formula is C25H29N3O6S. The molecule has 0 saturated heterocycles. The van der Waals surface area contributed by atoms with Gasteiger partial charge in [-0.3, -0.25) is 4.79 Å². The normalized spacial score (nSPS) is 11.6. The number of amides is 1. The maximum atomic E-state index is 13.1. The van der Waals surface area contributed by atoms with E-state index < -0.39 is 22.5 Å². The molecule has 3 rings (SSSR count). The van der Waals surface area contributed by atoms with Crippen molar-refractivity contribution in [2.45, 2.75) is 31.7 Å². The van der Waals surface area contributed by atoms with Gasteiger partial charge in [-0.15, -0.1) is 0 Å².